The van der Waals surface area contributed by atoms with Gasteiger partial charge in [-0.25, -0.2) is 0 Å². The Kier molecular flexibility index (Phi) is 21.4. The van der Waals surface area contributed by atoms with Gasteiger partial charge in [0.2, 0.25) is 0 Å². The standard InChI is InChI=1S/C3H3O2.Na.H2O/c1-3(5)2-4;;/h1H3;;1H2/q-1;+1;/p-1/i2+1;;. The van der Waals surface area contributed by atoms with E-state index in [-0.39, 0.29) is 35.0 Å². The van der Waals surface area contributed by atoms with E-state index in [0.717, 1.165) is 13.2 Å². The van der Waals surface area contributed by atoms with Crippen LogP contribution in [0.4, 0.5) is 0 Å². The van der Waals surface area contributed by atoms with Crippen LogP contribution >= 0.6 is 0 Å². The molecule has 1 N–H and O–H groups in total. The molecule has 0 saturated heterocycles. The van der Waals surface area contributed by atoms with Gasteiger partial charge in [0.1, 0.15) is 0 Å². The first-order valence-electron chi connectivity index (χ1n) is 1.16. The molecule has 0 bridgehead atoms. The van der Waals surface area contributed by atoms with Crippen molar-refractivity contribution in [1.82, 2.24) is 0 Å². The molecule has 0 amide bonds. The Bertz CT molecular complexity index is 61.2. The van der Waals surface area contributed by atoms with Crippen molar-refractivity contribution in [2.75, 3.05) is 0 Å². The number of ketones is 1. The molecule has 0 radical (unpaired) electrons. The second-order valence-electron chi connectivity index (χ2n) is 0.658. The summed E-state index contributed by atoms with van der Waals surface area (Å²) in [7, 11) is 0. The van der Waals surface area contributed by atoms with Gasteiger partial charge in [0, 0.05) is 5.78 Å². The second-order valence-corrected chi connectivity index (χ2v) is 0.658. The average Bonchev–Trinajstić information content (AvgIpc) is 1.38. The number of hydrogen-bond donors (Lipinski definition) is 0. The minimum Gasteiger partial charge on any atom is -0.870 e. The first kappa shape index (κ1) is 15.7. The molecule has 3 nitrogen and oxygen atoms in total. The minimum absolute atomic E-state index is 0. The summed E-state index contributed by atoms with van der Waals surface area (Å²) in [5, 5.41) is 0. The summed E-state index contributed by atoms with van der Waals surface area (Å²) in [6.45, 7) is 1.16. The van der Waals surface area contributed by atoms with Crippen molar-refractivity contribution in [1.29, 1.82) is 0 Å². The molecule has 7 heavy (non-hydrogen) atoms. The Hall–Kier alpha value is 0.300. The van der Waals surface area contributed by atoms with E-state index in [2.05, 4.69) is 0 Å². The molecule has 0 aliphatic heterocycles. The fraction of sp³-hybridized carbons (Fsp3) is 0.333. The zero-order valence-electron chi connectivity index (χ0n) is 4.26. The summed E-state index contributed by atoms with van der Waals surface area (Å²) in [5.74, 6) is -0.551. The number of hydrogen-bond acceptors (Lipinski definition) is 3. The Morgan fingerprint density at radius 3 is 1.71 bits per heavy atom. The van der Waals surface area contributed by atoms with Crippen LogP contribution in [0.25, 0.3) is 0 Å². The van der Waals surface area contributed by atoms with Gasteiger partial charge in [-0.1, -0.05) is 0 Å². The molecule has 0 aliphatic carbocycles. The van der Waals surface area contributed by atoms with Gasteiger partial charge in [0.05, 0.1) is 0 Å². The van der Waals surface area contributed by atoms with Crippen LogP contribution in [0.1, 0.15) is 6.92 Å². The SMILES string of the molecule is CC(=O)[13C-]=O.[Na+].[OH-]. The van der Waals surface area contributed by atoms with Crippen molar-refractivity contribution in [3.05, 3.63) is 0 Å². The summed E-state index contributed by atoms with van der Waals surface area (Å²) in [5.41, 5.74) is 0. The van der Waals surface area contributed by atoms with Gasteiger partial charge in [-0.15, -0.1) is 0 Å². The predicted octanol–water partition coefficient (Wildman–Crippen LogP) is -3.49. The van der Waals surface area contributed by atoms with Gasteiger partial charge < -0.3 is 15.1 Å². The number of carbonyl (C=O) groups excluding carboxylic acids is 2. The summed E-state index contributed by atoms with van der Waals surface area (Å²) in [6.07, 6.45) is 1.14. The van der Waals surface area contributed by atoms with E-state index < -0.39 is 5.78 Å². The molecule has 0 atom stereocenters. The van der Waals surface area contributed by atoms with E-state index in [9.17, 15) is 4.79 Å². The van der Waals surface area contributed by atoms with Crippen LogP contribution < -0.4 is 29.6 Å². The first-order valence-corrected chi connectivity index (χ1v) is 1.16. The molecule has 0 heterocycles. The van der Waals surface area contributed by atoms with Crippen LogP contribution in [0.3, 0.4) is 0 Å². The van der Waals surface area contributed by atoms with E-state index in [1.54, 1.807) is 0 Å². The fourth-order valence-corrected chi connectivity index (χ4v) is 0. The monoisotopic (exact) mass is 112 g/mol. The first-order chi connectivity index (χ1) is 2.27. The van der Waals surface area contributed by atoms with E-state index in [4.69, 9.17) is 4.79 Å². The molecule has 0 aliphatic rings. The van der Waals surface area contributed by atoms with Crippen LogP contribution in [0.5, 0.6) is 0 Å². The molecule has 0 spiro atoms. The van der Waals surface area contributed by atoms with E-state index >= 15 is 0 Å². The molecule has 0 aromatic heterocycles. The molecule has 4 heteroatoms. The number of carbonyl (C=O) groups is 1. The molecular weight excluding hydrogens is 108 g/mol. The fourth-order valence-electron chi connectivity index (χ4n) is 0. The number of Topliss-reactive ketones (excluding diaryl/α,β-unsaturated/α-hetero) is 1. The third-order valence-electron chi connectivity index (χ3n) is 0.144. The quantitative estimate of drug-likeness (QED) is 0.153. The van der Waals surface area contributed by atoms with Crippen molar-refractivity contribution in [3.63, 3.8) is 0 Å². The third kappa shape index (κ3) is 22.0. The van der Waals surface area contributed by atoms with Gasteiger partial charge in [-0.05, 0) is 6.92 Å². The van der Waals surface area contributed by atoms with Crippen LogP contribution in [-0.2, 0) is 9.59 Å². The van der Waals surface area contributed by atoms with Crippen molar-refractivity contribution in [2.45, 2.75) is 6.92 Å². The largest absolute Gasteiger partial charge is 1.00 e. The molecule has 0 fully saturated rings. The Morgan fingerprint density at radius 2 is 1.71 bits per heavy atom. The average molecular weight is 112 g/mol. The van der Waals surface area contributed by atoms with Crippen molar-refractivity contribution in [2.24, 2.45) is 0 Å². The summed E-state index contributed by atoms with van der Waals surface area (Å²) < 4.78 is 0. The smallest absolute Gasteiger partial charge is 0.870 e. The van der Waals surface area contributed by atoms with Gasteiger partial charge >= 0.3 is 29.6 Å². The van der Waals surface area contributed by atoms with Crippen LogP contribution in [0.15, 0.2) is 0 Å². The van der Waals surface area contributed by atoms with Crippen LogP contribution in [-0.4, -0.2) is 17.5 Å². The normalized spacial score (nSPS) is 4.71. The summed E-state index contributed by atoms with van der Waals surface area (Å²) >= 11 is 0. The van der Waals surface area contributed by atoms with Gasteiger partial charge in [-0.2, -0.15) is 6.29 Å². The van der Waals surface area contributed by atoms with E-state index in [1.807, 2.05) is 0 Å². The minimum atomic E-state index is -0.551. The molecular formula is C3H4NaO3-. The molecule has 0 unspecified atom stereocenters. The van der Waals surface area contributed by atoms with Gasteiger partial charge in [0.15, 0.2) is 0 Å². The van der Waals surface area contributed by atoms with Gasteiger partial charge in [-0.3, -0.25) is 0 Å². The van der Waals surface area contributed by atoms with E-state index in [0.29, 0.717) is 0 Å². The Labute approximate surface area is 63.7 Å². The second kappa shape index (κ2) is 9.57. The predicted molar refractivity (Wildman–Crippen MR) is 18.3 cm³/mol. The van der Waals surface area contributed by atoms with E-state index in [1.165, 1.54) is 0 Å². The molecule has 0 rings (SSSR count). The topological polar surface area (TPSA) is 64.1 Å². The van der Waals surface area contributed by atoms with Crippen LogP contribution in [0, 0.1) is 0 Å². The van der Waals surface area contributed by atoms with Crippen molar-refractivity contribution < 1.29 is 44.6 Å². The molecule has 36 valence electrons. The zero-order chi connectivity index (χ0) is 4.28. The van der Waals surface area contributed by atoms with Gasteiger partial charge in [0.25, 0.3) is 0 Å². The summed E-state index contributed by atoms with van der Waals surface area (Å²) in [6, 6.07) is 0. The maximum Gasteiger partial charge on any atom is 1.00 e. The van der Waals surface area contributed by atoms with Crippen LogP contribution in [0.2, 0.25) is 0 Å². The van der Waals surface area contributed by atoms with Crippen molar-refractivity contribution in [3.8, 4) is 0 Å². The maximum absolute atomic E-state index is 9.39. The molecule has 0 saturated carbocycles. The summed E-state index contributed by atoms with van der Waals surface area (Å²) in [4.78, 5) is 18.4. The molecule has 0 aromatic rings. The molecule has 0 aromatic carbocycles. The van der Waals surface area contributed by atoms with Crippen molar-refractivity contribution >= 4 is 12.1 Å². The third-order valence-corrected chi connectivity index (χ3v) is 0.144. The number of rotatable bonds is 1. The Balaban J connectivity index is -0.0000000800. The zero-order valence-corrected chi connectivity index (χ0v) is 6.26. The Morgan fingerprint density at radius 1 is 1.57 bits per heavy atom. The maximum atomic E-state index is 9.39.